The van der Waals surface area contributed by atoms with Crippen LogP contribution in [0.5, 0.6) is 5.75 Å². The Labute approximate surface area is 148 Å². The van der Waals surface area contributed by atoms with E-state index in [1.165, 1.54) is 5.56 Å². The number of piperidine rings is 1. The fourth-order valence-electron chi connectivity index (χ4n) is 4.73. The fraction of sp³-hybridized carbons (Fsp3) is 0.600. The number of likely N-dealkylation sites (tertiary alicyclic amines) is 1. The van der Waals surface area contributed by atoms with Crippen molar-refractivity contribution in [2.24, 2.45) is 11.8 Å². The Morgan fingerprint density at radius 3 is 3.00 bits per heavy atom. The van der Waals surface area contributed by atoms with Gasteiger partial charge >= 0.3 is 5.97 Å². The predicted molar refractivity (Wildman–Crippen MR) is 92.5 cm³/mol. The highest BCUT2D eigenvalue weighted by Gasteiger charge is 2.61. The molecule has 1 aromatic carbocycles. The monoisotopic (exact) mass is 343 g/mol. The summed E-state index contributed by atoms with van der Waals surface area (Å²) in [5.41, 5.74) is 1.17. The second-order valence-corrected chi connectivity index (χ2v) is 7.73. The quantitative estimate of drug-likeness (QED) is 0.913. The van der Waals surface area contributed by atoms with E-state index in [9.17, 15) is 9.59 Å². The third-order valence-electron chi connectivity index (χ3n) is 6.20. The minimum Gasteiger partial charge on any atom is -0.493 e. The molecule has 1 amide bonds. The maximum atomic E-state index is 13.1. The second-order valence-electron chi connectivity index (χ2n) is 7.73. The smallest absolute Gasteiger partial charge is 0.303 e. The molecular weight excluding hydrogens is 318 g/mol. The molecule has 2 heterocycles. The lowest BCUT2D eigenvalue weighted by atomic mass is 9.86. The van der Waals surface area contributed by atoms with E-state index in [0.717, 1.165) is 44.5 Å². The summed E-state index contributed by atoms with van der Waals surface area (Å²) in [7, 11) is 0. The van der Waals surface area contributed by atoms with Gasteiger partial charge < -0.3 is 14.7 Å². The molecule has 5 heteroatoms. The lowest BCUT2D eigenvalue weighted by Gasteiger charge is -2.34. The first kappa shape index (κ1) is 16.4. The molecule has 3 atom stereocenters. The average Bonchev–Trinajstić information content (AvgIpc) is 3.34. The Bertz CT molecular complexity index is 688. The van der Waals surface area contributed by atoms with Crippen molar-refractivity contribution in [1.82, 2.24) is 4.90 Å². The Balaban J connectivity index is 1.44. The molecule has 0 bridgehead atoms. The minimum atomic E-state index is -0.747. The van der Waals surface area contributed by atoms with Gasteiger partial charge in [0.1, 0.15) is 5.75 Å². The van der Waals surface area contributed by atoms with E-state index in [-0.39, 0.29) is 23.7 Å². The van der Waals surface area contributed by atoms with Crippen LogP contribution in [0, 0.1) is 11.8 Å². The number of carbonyl (C=O) groups is 2. The highest BCUT2D eigenvalue weighted by molar-refractivity contribution is 5.85. The van der Waals surface area contributed by atoms with E-state index in [1.807, 2.05) is 23.1 Å². The molecule has 1 N–H and O–H groups in total. The lowest BCUT2D eigenvalue weighted by molar-refractivity contribution is -0.137. The van der Waals surface area contributed by atoms with Crippen molar-refractivity contribution in [2.75, 3.05) is 19.7 Å². The highest BCUT2D eigenvalue weighted by atomic mass is 16.5. The molecule has 4 rings (SSSR count). The maximum absolute atomic E-state index is 13.1. The van der Waals surface area contributed by atoms with Gasteiger partial charge in [-0.05, 0) is 44.1 Å². The molecule has 5 nitrogen and oxygen atoms in total. The molecule has 0 aromatic heterocycles. The largest absolute Gasteiger partial charge is 0.493 e. The molecule has 134 valence electrons. The number of rotatable bonds is 4. The predicted octanol–water partition coefficient (Wildman–Crippen LogP) is 2.83. The van der Waals surface area contributed by atoms with Gasteiger partial charge in [-0.2, -0.15) is 0 Å². The number of amides is 1. The van der Waals surface area contributed by atoms with E-state index in [2.05, 4.69) is 6.07 Å². The minimum absolute atomic E-state index is 0.0278. The first-order valence-corrected chi connectivity index (χ1v) is 9.33. The van der Waals surface area contributed by atoms with Crippen molar-refractivity contribution in [3.8, 4) is 5.75 Å². The standard InChI is InChI=1S/C20H25NO4/c22-18(23)8-7-14-4-3-10-21(13-14)19(24)16-12-20(16)9-11-25-17-6-2-1-5-15(17)20/h1-2,5-6,14,16H,3-4,7-13H2,(H,22,23)/t14?,16-,20-/m0/s1. The normalized spacial score (nSPS) is 30.5. The number of hydrogen-bond acceptors (Lipinski definition) is 3. The van der Waals surface area contributed by atoms with Crippen LogP contribution in [0.25, 0.3) is 0 Å². The van der Waals surface area contributed by atoms with Crippen molar-refractivity contribution >= 4 is 11.9 Å². The molecule has 1 aliphatic carbocycles. The lowest BCUT2D eigenvalue weighted by Crippen LogP contribution is -2.42. The van der Waals surface area contributed by atoms with Crippen LogP contribution >= 0.6 is 0 Å². The van der Waals surface area contributed by atoms with Crippen LogP contribution in [0.4, 0.5) is 0 Å². The van der Waals surface area contributed by atoms with Gasteiger partial charge in [0.25, 0.3) is 0 Å². The van der Waals surface area contributed by atoms with E-state index >= 15 is 0 Å². The number of carbonyl (C=O) groups excluding carboxylic acids is 1. The van der Waals surface area contributed by atoms with Crippen molar-refractivity contribution < 1.29 is 19.4 Å². The van der Waals surface area contributed by atoms with Crippen LogP contribution in [0.15, 0.2) is 24.3 Å². The molecular formula is C20H25NO4. The molecule has 1 unspecified atom stereocenters. The SMILES string of the molecule is O=C(O)CCC1CCCN(C(=O)[C@@H]2C[C@]23CCOc2ccccc23)C1. The molecule has 0 radical (unpaired) electrons. The summed E-state index contributed by atoms with van der Waals surface area (Å²) >= 11 is 0. The third kappa shape index (κ3) is 3.00. The summed E-state index contributed by atoms with van der Waals surface area (Å²) in [6.07, 6.45) is 4.72. The Hall–Kier alpha value is -2.04. The molecule has 1 aromatic rings. The Morgan fingerprint density at radius 1 is 1.32 bits per heavy atom. The molecule has 3 aliphatic rings. The van der Waals surface area contributed by atoms with Gasteiger partial charge in [0.15, 0.2) is 0 Å². The van der Waals surface area contributed by atoms with Gasteiger partial charge in [-0.15, -0.1) is 0 Å². The summed E-state index contributed by atoms with van der Waals surface area (Å²) in [4.78, 5) is 25.9. The van der Waals surface area contributed by atoms with Gasteiger partial charge in [-0.1, -0.05) is 18.2 Å². The third-order valence-corrected chi connectivity index (χ3v) is 6.20. The zero-order valence-corrected chi connectivity index (χ0v) is 14.4. The Kier molecular flexibility index (Phi) is 4.18. The average molecular weight is 343 g/mol. The topological polar surface area (TPSA) is 66.8 Å². The van der Waals surface area contributed by atoms with Crippen LogP contribution in [0.2, 0.25) is 0 Å². The number of aliphatic carboxylic acids is 1. The van der Waals surface area contributed by atoms with E-state index < -0.39 is 5.97 Å². The number of carboxylic acid groups (broad SMARTS) is 1. The van der Waals surface area contributed by atoms with Crippen LogP contribution in [-0.2, 0) is 15.0 Å². The highest BCUT2D eigenvalue weighted by Crippen LogP contribution is 2.61. The Morgan fingerprint density at radius 2 is 2.16 bits per heavy atom. The second kappa shape index (κ2) is 6.36. The van der Waals surface area contributed by atoms with Gasteiger partial charge in [-0.25, -0.2) is 0 Å². The van der Waals surface area contributed by atoms with Gasteiger partial charge in [0, 0.05) is 36.4 Å². The fourth-order valence-corrected chi connectivity index (χ4v) is 4.73. The van der Waals surface area contributed by atoms with Crippen LogP contribution in [0.1, 0.15) is 44.1 Å². The first-order valence-electron chi connectivity index (χ1n) is 9.33. The van der Waals surface area contributed by atoms with Crippen LogP contribution in [-0.4, -0.2) is 41.6 Å². The van der Waals surface area contributed by atoms with Crippen molar-refractivity contribution in [1.29, 1.82) is 0 Å². The molecule has 1 saturated carbocycles. The first-order chi connectivity index (χ1) is 12.1. The summed E-state index contributed by atoms with van der Waals surface area (Å²) in [5.74, 6) is 0.836. The number of hydrogen-bond donors (Lipinski definition) is 1. The van der Waals surface area contributed by atoms with Gasteiger partial charge in [0.05, 0.1) is 6.61 Å². The summed E-state index contributed by atoms with van der Waals surface area (Å²) in [6.45, 7) is 2.21. The van der Waals surface area contributed by atoms with E-state index in [4.69, 9.17) is 9.84 Å². The number of nitrogens with zero attached hydrogens (tertiary/aromatic N) is 1. The summed E-state index contributed by atoms with van der Waals surface area (Å²) < 4.78 is 5.76. The van der Waals surface area contributed by atoms with Crippen LogP contribution < -0.4 is 4.74 Å². The van der Waals surface area contributed by atoms with Crippen molar-refractivity contribution in [3.05, 3.63) is 29.8 Å². The number of carboxylic acids is 1. The number of ether oxygens (including phenoxy) is 1. The number of para-hydroxylation sites is 1. The van der Waals surface area contributed by atoms with E-state index in [1.54, 1.807) is 0 Å². The van der Waals surface area contributed by atoms with Crippen molar-refractivity contribution in [2.45, 2.75) is 43.9 Å². The number of fused-ring (bicyclic) bond motifs is 2. The molecule has 1 spiro atoms. The zero-order valence-electron chi connectivity index (χ0n) is 14.4. The zero-order chi connectivity index (χ0) is 17.4. The van der Waals surface area contributed by atoms with Crippen molar-refractivity contribution in [3.63, 3.8) is 0 Å². The summed E-state index contributed by atoms with van der Waals surface area (Å²) in [5, 5.41) is 8.88. The molecule has 2 aliphatic heterocycles. The summed E-state index contributed by atoms with van der Waals surface area (Å²) in [6, 6.07) is 8.11. The molecule has 2 fully saturated rings. The van der Waals surface area contributed by atoms with Gasteiger partial charge in [0.2, 0.25) is 5.91 Å². The van der Waals surface area contributed by atoms with Crippen LogP contribution in [0.3, 0.4) is 0 Å². The van der Waals surface area contributed by atoms with Gasteiger partial charge in [-0.3, -0.25) is 9.59 Å². The maximum Gasteiger partial charge on any atom is 0.303 e. The molecule has 1 saturated heterocycles. The number of benzene rings is 1. The molecule has 25 heavy (non-hydrogen) atoms. The van der Waals surface area contributed by atoms with E-state index in [0.29, 0.717) is 18.9 Å².